The van der Waals surface area contributed by atoms with Gasteiger partial charge in [-0.15, -0.1) is 0 Å². The smallest absolute Gasteiger partial charge is 0.343 e. The van der Waals surface area contributed by atoms with Gasteiger partial charge < -0.3 is 15.4 Å². The first-order chi connectivity index (χ1) is 9.90. The van der Waals surface area contributed by atoms with Gasteiger partial charge in [0.15, 0.2) is 5.56 Å². The number of carbonyl (C=O) groups excluding carboxylic acids is 2. The van der Waals surface area contributed by atoms with Crippen molar-refractivity contribution in [3.05, 3.63) is 35.4 Å². The van der Waals surface area contributed by atoms with Crippen LogP contribution in [0.2, 0.25) is 0 Å². The first-order valence-electron chi connectivity index (χ1n) is 5.81. The molecule has 4 N–H and O–H groups in total. The number of benzene rings is 1. The largest absolute Gasteiger partial charge is 0.477 e. The predicted octanol–water partition coefficient (Wildman–Crippen LogP) is 1.10. The monoisotopic (exact) mass is 289 g/mol. The molecular formula is C13H11N3O5. The van der Waals surface area contributed by atoms with Crippen molar-refractivity contribution in [1.29, 1.82) is 0 Å². The minimum Gasteiger partial charge on any atom is -0.477 e. The molecule has 0 aliphatic heterocycles. The fourth-order valence-corrected chi connectivity index (χ4v) is 1.75. The Morgan fingerprint density at radius 3 is 2.62 bits per heavy atom. The summed E-state index contributed by atoms with van der Waals surface area (Å²) in [4.78, 5) is 33.5. The number of carboxylic acid groups (broad SMARTS) is 1. The number of aromatic nitrogens is 1. The molecule has 0 fully saturated rings. The average molecular weight is 289 g/mol. The maximum atomic E-state index is 11.3. The van der Waals surface area contributed by atoms with Crippen molar-refractivity contribution in [3.8, 4) is 11.3 Å². The summed E-state index contributed by atoms with van der Waals surface area (Å²) in [6, 6.07) is 5.97. The normalized spacial score (nSPS) is 10.1. The molecule has 0 aliphatic carbocycles. The van der Waals surface area contributed by atoms with Gasteiger partial charge in [0.1, 0.15) is 5.69 Å². The Hall–Kier alpha value is -3.16. The van der Waals surface area contributed by atoms with E-state index in [2.05, 4.69) is 10.5 Å². The van der Waals surface area contributed by atoms with E-state index in [1.54, 1.807) is 6.07 Å². The number of carbonyl (C=O) groups is 3. The van der Waals surface area contributed by atoms with Crippen molar-refractivity contribution in [1.82, 2.24) is 5.16 Å². The number of nitrogens with two attached hydrogens (primary N) is 1. The number of hydrogen-bond donors (Lipinski definition) is 3. The summed E-state index contributed by atoms with van der Waals surface area (Å²) in [6.07, 6.45) is 0. The van der Waals surface area contributed by atoms with E-state index in [9.17, 15) is 19.5 Å². The Balaban J connectivity index is 2.56. The molecule has 2 rings (SSSR count). The standard InChI is InChI=1S/C13H11N3O5/c1-6(17)15-12-9(13(19)20)10(16-21-12)7-3-2-4-8(5-7)11(14)18/h2-5H,1H3,(H2,14,18)(H,15,17)(H,19,20). The summed E-state index contributed by atoms with van der Waals surface area (Å²) in [6.45, 7) is 1.21. The van der Waals surface area contributed by atoms with E-state index in [0.29, 0.717) is 5.56 Å². The van der Waals surface area contributed by atoms with Crippen LogP contribution < -0.4 is 11.1 Å². The van der Waals surface area contributed by atoms with Crippen LogP contribution in [0.5, 0.6) is 0 Å². The molecule has 0 aliphatic rings. The number of nitrogens with zero attached hydrogens (tertiary/aromatic N) is 1. The van der Waals surface area contributed by atoms with Crippen molar-refractivity contribution in [2.45, 2.75) is 6.92 Å². The van der Waals surface area contributed by atoms with Gasteiger partial charge in [0.2, 0.25) is 17.7 Å². The third-order valence-corrected chi connectivity index (χ3v) is 2.62. The first kappa shape index (κ1) is 14.3. The van der Waals surface area contributed by atoms with Gasteiger partial charge in [-0.3, -0.25) is 14.9 Å². The van der Waals surface area contributed by atoms with Gasteiger partial charge in [0.05, 0.1) is 0 Å². The molecular weight excluding hydrogens is 278 g/mol. The van der Waals surface area contributed by atoms with E-state index in [1.165, 1.54) is 25.1 Å². The molecule has 0 radical (unpaired) electrons. The second-order valence-corrected chi connectivity index (χ2v) is 4.17. The van der Waals surface area contributed by atoms with Crippen LogP contribution in [-0.4, -0.2) is 28.0 Å². The van der Waals surface area contributed by atoms with Gasteiger partial charge in [-0.05, 0) is 12.1 Å². The molecule has 8 nitrogen and oxygen atoms in total. The lowest BCUT2D eigenvalue weighted by Gasteiger charge is -2.01. The number of nitrogens with one attached hydrogen (secondary N) is 1. The van der Waals surface area contributed by atoms with Crippen LogP contribution in [0.15, 0.2) is 28.8 Å². The highest BCUT2D eigenvalue weighted by molar-refractivity contribution is 6.03. The van der Waals surface area contributed by atoms with Gasteiger partial charge in [0, 0.05) is 18.1 Å². The van der Waals surface area contributed by atoms with Gasteiger partial charge in [-0.2, -0.15) is 0 Å². The van der Waals surface area contributed by atoms with Crippen LogP contribution >= 0.6 is 0 Å². The third-order valence-electron chi connectivity index (χ3n) is 2.62. The van der Waals surface area contributed by atoms with Crippen molar-refractivity contribution in [3.63, 3.8) is 0 Å². The van der Waals surface area contributed by atoms with Crippen molar-refractivity contribution < 1.29 is 24.0 Å². The summed E-state index contributed by atoms with van der Waals surface area (Å²) < 4.78 is 4.84. The molecule has 0 spiro atoms. The Morgan fingerprint density at radius 1 is 1.33 bits per heavy atom. The zero-order valence-corrected chi connectivity index (χ0v) is 10.9. The molecule has 0 unspecified atom stereocenters. The van der Waals surface area contributed by atoms with Crippen LogP contribution in [0.25, 0.3) is 11.3 Å². The summed E-state index contributed by atoms with van der Waals surface area (Å²) in [7, 11) is 0. The molecule has 2 amide bonds. The lowest BCUT2D eigenvalue weighted by atomic mass is 10.0. The molecule has 8 heteroatoms. The summed E-state index contributed by atoms with van der Waals surface area (Å²) in [5.74, 6) is -2.74. The molecule has 0 atom stereocenters. The van der Waals surface area contributed by atoms with E-state index >= 15 is 0 Å². The van der Waals surface area contributed by atoms with E-state index in [1.807, 2.05) is 0 Å². The van der Waals surface area contributed by atoms with E-state index < -0.39 is 17.8 Å². The van der Waals surface area contributed by atoms with Gasteiger partial charge in [0.25, 0.3) is 0 Å². The predicted molar refractivity (Wildman–Crippen MR) is 71.7 cm³/mol. The van der Waals surface area contributed by atoms with Crippen molar-refractivity contribution in [2.24, 2.45) is 5.73 Å². The summed E-state index contributed by atoms with van der Waals surface area (Å²) in [5.41, 5.74) is 5.41. The Bertz CT molecular complexity index is 735. The minimum absolute atomic E-state index is 0.00523. The second-order valence-electron chi connectivity index (χ2n) is 4.17. The Morgan fingerprint density at radius 2 is 2.05 bits per heavy atom. The van der Waals surface area contributed by atoms with Gasteiger partial charge in [-0.1, -0.05) is 17.3 Å². The fraction of sp³-hybridized carbons (Fsp3) is 0.0769. The SMILES string of the molecule is CC(=O)Nc1onc(-c2cccc(C(N)=O)c2)c1C(=O)O. The number of rotatable bonds is 4. The van der Waals surface area contributed by atoms with Crippen LogP contribution in [-0.2, 0) is 4.79 Å². The van der Waals surface area contributed by atoms with E-state index in [4.69, 9.17) is 10.3 Å². The highest BCUT2D eigenvalue weighted by Gasteiger charge is 2.24. The molecule has 0 bridgehead atoms. The molecule has 0 saturated carbocycles. The molecule has 108 valence electrons. The second kappa shape index (κ2) is 5.45. The van der Waals surface area contributed by atoms with Gasteiger partial charge >= 0.3 is 5.97 Å². The number of carboxylic acids is 1. The van der Waals surface area contributed by atoms with Crippen molar-refractivity contribution >= 4 is 23.7 Å². The fourth-order valence-electron chi connectivity index (χ4n) is 1.75. The molecule has 1 aromatic heterocycles. The topological polar surface area (TPSA) is 136 Å². The molecule has 1 aromatic carbocycles. The van der Waals surface area contributed by atoms with Crippen LogP contribution in [0, 0.1) is 0 Å². The average Bonchev–Trinajstić information content (AvgIpc) is 2.81. The summed E-state index contributed by atoms with van der Waals surface area (Å²) >= 11 is 0. The molecule has 2 aromatic rings. The van der Waals surface area contributed by atoms with E-state index in [-0.39, 0.29) is 22.7 Å². The quantitative estimate of drug-likeness (QED) is 0.771. The Labute approximate surface area is 118 Å². The zero-order valence-electron chi connectivity index (χ0n) is 10.9. The highest BCUT2D eigenvalue weighted by Crippen LogP contribution is 2.29. The molecule has 0 saturated heterocycles. The van der Waals surface area contributed by atoms with Gasteiger partial charge in [-0.25, -0.2) is 4.79 Å². The van der Waals surface area contributed by atoms with Crippen LogP contribution in [0.1, 0.15) is 27.6 Å². The van der Waals surface area contributed by atoms with Crippen LogP contribution in [0.4, 0.5) is 5.88 Å². The number of anilines is 1. The maximum Gasteiger partial charge on any atom is 0.343 e. The summed E-state index contributed by atoms with van der Waals surface area (Å²) in [5, 5.41) is 15.1. The number of amides is 2. The number of hydrogen-bond acceptors (Lipinski definition) is 5. The number of primary amides is 1. The highest BCUT2D eigenvalue weighted by atomic mass is 16.5. The zero-order chi connectivity index (χ0) is 15.6. The van der Waals surface area contributed by atoms with Crippen LogP contribution in [0.3, 0.4) is 0 Å². The Kier molecular flexibility index (Phi) is 3.70. The van der Waals surface area contributed by atoms with Crippen molar-refractivity contribution in [2.75, 3.05) is 5.32 Å². The first-order valence-corrected chi connectivity index (χ1v) is 5.81. The number of aromatic carboxylic acids is 1. The lowest BCUT2D eigenvalue weighted by molar-refractivity contribution is -0.114. The third kappa shape index (κ3) is 2.89. The lowest BCUT2D eigenvalue weighted by Crippen LogP contribution is -2.11. The van der Waals surface area contributed by atoms with E-state index in [0.717, 1.165) is 0 Å². The maximum absolute atomic E-state index is 11.3. The minimum atomic E-state index is -1.32. The molecule has 1 heterocycles. The molecule has 21 heavy (non-hydrogen) atoms.